The molecule has 1 saturated carbocycles. The minimum Gasteiger partial charge on any atom is -0.364 e. The summed E-state index contributed by atoms with van der Waals surface area (Å²) in [6, 6.07) is 1.42. The molecule has 1 N–H and O–H groups in total. The van der Waals surface area contributed by atoms with Gasteiger partial charge in [-0.1, -0.05) is 45.2 Å². The van der Waals surface area contributed by atoms with Crippen molar-refractivity contribution in [2.75, 3.05) is 0 Å². The van der Waals surface area contributed by atoms with E-state index in [0.29, 0.717) is 12.0 Å². The van der Waals surface area contributed by atoms with E-state index < -0.39 is 0 Å². The van der Waals surface area contributed by atoms with Crippen LogP contribution in [0.1, 0.15) is 99.5 Å². The van der Waals surface area contributed by atoms with Crippen molar-refractivity contribution >= 4 is 5.91 Å². The minimum atomic E-state index is -0.359. The average molecular weight is 403 g/mol. The number of nitrogens with zero attached hydrogens (tertiary/aromatic N) is 3. The molecule has 160 valence electrons. The quantitative estimate of drug-likeness (QED) is 0.781. The van der Waals surface area contributed by atoms with Crippen LogP contribution in [-0.4, -0.2) is 20.4 Å². The van der Waals surface area contributed by atoms with E-state index >= 15 is 0 Å². The molecule has 3 rings (SSSR count). The molecular weight excluding hydrogens is 368 g/mol. The van der Waals surface area contributed by atoms with Gasteiger partial charge >= 0.3 is 0 Å². The van der Waals surface area contributed by atoms with Crippen molar-refractivity contribution in [1.29, 1.82) is 0 Å². The molecule has 1 aliphatic rings. The van der Waals surface area contributed by atoms with Gasteiger partial charge in [0.05, 0.1) is 17.6 Å². The van der Waals surface area contributed by atoms with Crippen LogP contribution in [-0.2, 0) is 7.05 Å². The highest BCUT2D eigenvalue weighted by Crippen LogP contribution is 2.31. The van der Waals surface area contributed by atoms with Crippen molar-refractivity contribution in [1.82, 2.24) is 19.8 Å². The standard InChI is InChI=1S/C22H34N4O3/c1-15-19(21(28)26(25(15)5)16-9-7-6-8-10-16)17(11-13-22(2,3)4)23-20(27)18-12-14-29-24-18/h12,14,16-17H,6-11,13H2,1-5H3,(H,23,27). The monoisotopic (exact) mass is 402 g/mol. The first kappa shape index (κ1) is 21.4. The maximum absolute atomic E-state index is 13.5. The molecule has 7 heteroatoms. The van der Waals surface area contributed by atoms with Gasteiger partial charge in [0.2, 0.25) is 0 Å². The summed E-state index contributed by atoms with van der Waals surface area (Å²) in [7, 11) is 1.95. The average Bonchev–Trinajstić information content (AvgIpc) is 3.27. The van der Waals surface area contributed by atoms with Gasteiger partial charge in [0.15, 0.2) is 5.69 Å². The Hall–Kier alpha value is -2.31. The lowest BCUT2D eigenvalue weighted by molar-refractivity contribution is 0.0921. The minimum absolute atomic E-state index is 0.0243. The SMILES string of the molecule is Cc1c(C(CCC(C)(C)C)NC(=O)c2ccon2)c(=O)n(C2CCCCC2)n1C. The summed E-state index contributed by atoms with van der Waals surface area (Å²) >= 11 is 0. The van der Waals surface area contributed by atoms with Crippen molar-refractivity contribution in [3.05, 3.63) is 39.6 Å². The fourth-order valence-corrected chi connectivity index (χ4v) is 4.32. The third-order valence-corrected chi connectivity index (χ3v) is 6.06. The predicted molar refractivity (Wildman–Crippen MR) is 112 cm³/mol. The van der Waals surface area contributed by atoms with Gasteiger partial charge in [-0.2, -0.15) is 0 Å². The second-order valence-corrected chi connectivity index (χ2v) is 9.47. The fourth-order valence-electron chi connectivity index (χ4n) is 4.32. The van der Waals surface area contributed by atoms with Gasteiger partial charge in [-0.3, -0.25) is 14.3 Å². The molecule has 1 atom stereocenters. The van der Waals surface area contributed by atoms with E-state index in [-0.39, 0.29) is 34.7 Å². The van der Waals surface area contributed by atoms with E-state index in [2.05, 4.69) is 31.2 Å². The Labute approximate surface area is 172 Å². The van der Waals surface area contributed by atoms with Crippen LogP contribution in [0, 0.1) is 12.3 Å². The number of rotatable bonds is 6. The summed E-state index contributed by atoms with van der Waals surface area (Å²) in [5.41, 5.74) is 1.96. The van der Waals surface area contributed by atoms with E-state index in [9.17, 15) is 9.59 Å². The number of hydrogen-bond acceptors (Lipinski definition) is 4. The van der Waals surface area contributed by atoms with Gasteiger partial charge in [-0.15, -0.1) is 0 Å². The molecule has 7 nitrogen and oxygen atoms in total. The van der Waals surface area contributed by atoms with Crippen molar-refractivity contribution in [2.24, 2.45) is 12.5 Å². The lowest BCUT2D eigenvalue weighted by Gasteiger charge is -2.24. The smallest absolute Gasteiger partial charge is 0.273 e. The molecule has 0 spiro atoms. The van der Waals surface area contributed by atoms with Crippen LogP contribution in [0.25, 0.3) is 0 Å². The largest absolute Gasteiger partial charge is 0.364 e. The van der Waals surface area contributed by atoms with Crippen LogP contribution < -0.4 is 10.9 Å². The van der Waals surface area contributed by atoms with Crippen LogP contribution in [0.2, 0.25) is 0 Å². The topological polar surface area (TPSA) is 82.1 Å². The fraction of sp³-hybridized carbons (Fsp3) is 0.682. The molecule has 2 heterocycles. The molecule has 29 heavy (non-hydrogen) atoms. The van der Waals surface area contributed by atoms with Crippen molar-refractivity contribution < 1.29 is 9.32 Å². The van der Waals surface area contributed by atoms with Crippen LogP contribution in [0.3, 0.4) is 0 Å². The number of amides is 1. The van der Waals surface area contributed by atoms with Gasteiger partial charge in [0, 0.05) is 18.8 Å². The highest BCUT2D eigenvalue weighted by atomic mass is 16.5. The molecule has 1 aliphatic carbocycles. The maximum Gasteiger partial charge on any atom is 0.273 e. The number of carbonyl (C=O) groups is 1. The van der Waals surface area contributed by atoms with Crippen molar-refractivity contribution in [3.8, 4) is 0 Å². The summed E-state index contributed by atoms with van der Waals surface area (Å²) < 4.78 is 8.71. The molecule has 0 bridgehead atoms. The van der Waals surface area contributed by atoms with Crippen molar-refractivity contribution in [2.45, 2.75) is 84.7 Å². The summed E-state index contributed by atoms with van der Waals surface area (Å²) in [6.45, 7) is 8.48. The Kier molecular flexibility index (Phi) is 6.34. The molecule has 1 amide bonds. The second-order valence-electron chi connectivity index (χ2n) is 9.47. The number of nitrogens with one attached hydrogen (secondary N) is 1. The summed E-state index contributed by atoms with van der Waals surface area (Å²) in [5, 5.41) is 6.78. The zero-order valence-electron chi connectivity index (χ0n) is 18.3. The number of carbonyl (C=O) groups excluding carboxylic acids is 1. The van der Waals surface area contributed by atoms with Gasteiger partial charge in [0.1, 0.15) is 6.26 Å². The Morgan fingerprint density at radius 3 is 2.59 bits per heavy atom. The number of hydrogen-bond donors (Lipinski definition) is 1. The van der Waals surface area contributed by atoms with E-state index in [1.807, 2.05) is 23.3 Å². The van der Waals surface area contributed by atoms with Gasteiger partial charge < -0.3 is 9.84 Å². The van der Waals surface area contributed by atoms with E-state index in [1.165, 1.54) is 18.8 Å². The summed E-state index contributed by atoms with van der Waals surface area (Å²) in [6.07, 6.45) is 8.58. The highest BCUT2D eigenvalue weighted by Gasteiger charge is 2.29. The van der Waals surface area contributed by atoms with Crippen LogP contribution >= 0.6 is 0 Å². The second kappa shape index (κ2) is 8.59. The van der Waals surface area contributed by atoms with Gasteiger partial charge in [-0.25, -0.2) is 4.68 Å². The zero-order chi connectivity index (χ0) is 21.2. The lowest BCUT2D eigenvalue weighted by Crippen LogP contribution is -2.34. The molecular formula is C22H34N4O3. The highest BCUT2D eigenvalue weighted by molar-refractivity contribution is 5.92. The summed E-state index contributed by atoms with van der Waals surface area (Å²) in [5.74, 6) is -0.315. The molecule has 0 aliphatic heterocycles. The third kappa shape index (κ3) is 4.82. The molecule has 1 fully saturated rings. The predicted octanol–water partition coefficient (Wildman–Crippen LogP) is 4.29. The molecule has 0 radical (unpaired) electrons. The Balaban J connectivity index is 1.95. The van der Waals surface area contributed by atoms with Crippen LogP contribution in [0.4, 0.5) is 0 Å². The molecule has 1 unspecified atom stereocenters. The van der Waals surface area contributed by atoms with Crippen LogP contribution in [0.15, 0.2) is 21.6 Å². The first-order valence-corrected chi connectivity index (χ1v) is 10.7. The normalized spacial score (nSPS) is 16.7. The van der Waals surface area contributed by atoms with E-state index in [0.717, 1.165) is 37.8 Å². The first-order chi connectivity index (χ1) is 13.7. The zero-order valence-corrected chi connectivity index (χ0v) is 18.3. The summed E-state index contributed by atoms with van der Waals surface area (Å²) in [4.78, 5) is 26.2. The van der Waals surface area contributed by atoms with E-state index in [1.54, 1.807) is 0 Å². The Morgan fingerprint density at radius 2 is 2.00 bits per heavy atom. The third-order valence-electron chi connectivity index (χ3n) is 6.06. The number of aromatic nitrogens is 3. The molecule has 0 aromatic carbocycles. The van der Waals surface area contributed by atoms with E-state index in [4.69, 9.17) is 4.52 Å². The Morgan fingerprint density at radius 1 is 1.31 bits per heavy atom. The Bertz CT molecular complexity index is 881. The van der Waals surface area contributed by atoms with Gasteiger partial charge in [-0.05, 0) is 38.0 Å². The first-order valence-electron chi connectivity index (χ1n) is 10.7. The maximum atomic E-state index is 13.5. The molecule has 2 aromatic rings. The van der Waals surface area contributed by atoms with Gasteiger partial charge in [0.25, 0.3) is 11.5 Å². The lowest BCUT2D eigenvalue weighted by atomic mass is 9.87. The molecule has 2 aromatic heterocycles. The van der Waals surface area contributed by atoms with Crippen LogP contribution in [0.5, 0.6) is 0 Å². The van der Waals surface area contributed by atoms with Crippen molar-refractivity contribution in [3.63, 3.8) is 0 Å². The molecule has 0 saturated heterocycles.